The van der Waals surface area contributed by atoms with Crippen LogP contribution in [0.1, 0.15) is 25.0 Å². The summed E-state index contributed by atoms with van der Waals surface area (Å²) in [5, 5.41) is 4.99. The third kappa shape index (κ3) is 6.36. The van der Waals surface area contributed by atoms with E-state index in [2.05, 4.69) is 172 Å². The van der Waals surface area contributed by atoms with E-state index in [0.717, 1.165) is 0 Å². The molecule has 0 radical (unpaired) electrons. The molecule has 0 aromatic heterocycles. The number of fused-ring (bicyclic) bond motifs is 6. The van der Waals surface area contributed by atoms with Gasteiger partial charge in [-0.3, -0.25) is 0 Å². The summed E-state index contributed by atoms with van der Waals surface area (Å²) in [4.78, 5) is 0. The first kappa shape index (κ1) is 34.1. The smallest absolute Gasteiger partial charge is 1.00 e. The van der Waals surface area contributed by atoms with Gasteiger partial charge in [-0.15, -0.1) is 80.3 Å². The first-order valence-electron chi connectivity index (χ1n) is 14.5. The van der Waals surface area contributed by atoms with Crippen molar-refractivity contribution >= 4 is 24.3 Å². The Hall–Kier alpha value is -3.74. The molecule has 0 heterocycles. The second-order valence-electron chi connectivity index (χ2n) is 10.5. The molecule has 2 aliphatic carbocycles. The summed E-state index contributed by atoms with van der Waals surface area (Å²) in [6.45, 7) is 4.21. The number of halogens is 2. The van der Waals surface area contributed by atoms with Gasteiger partial charge in [-0.1, -0.05) is 146 Å². The van der Waals surface area contributed by atoms with Crippen molar-refractivity contribution in [3.8, 4) is 44.5 Å². The van der Waals surface area contributed by atoms with E-state index in [-0.39, 0.29) is 51.0 Å². The zero-order valence-electron chi connectivity index (χ0n) is 25.1. The van der Waals surface area contributed by atoms with Crippen molar-refractivity contribution in [3.63, 3.8) is 0 Å². The molecule has 0 N–H and O–H groups in total. The van der Waals surface area contributed by atoms with Crippen LogP contribution in [0, 0.1) is 0 Å². The van der Waals surface area contributed by atoms with Gasteiger partial charge < -0.3 is 24.8 Å². The van der Waals surface area contributed by atoms with Gasteiger partial charge in [0.2, 0.25) is 0 Å². The Morgan fingerprint density at radius 1 is 0.378 bits per heavy atom. The molecule has 0 saturated carbocycles. The SMILES string of the molecule is CC=c1c(-c2ccccc2)ccc2c1=[C-]c1ccccc1-2.CC=c1c(-c2ccccc2)ccc2c1=[C-]c1ccccc1-2.[Cl-].[Cl-].[Zr+4]. The second-order valence-corrected chi connectivity index (χ2v) is 10.5. The molecule has 6 aromatic rings. The molecule has 0 aliphatic heterocycles. The van der Waals surface area contributed by atoms with Crippen molar-refractivity contribution in [2.45, 2.75) is 13.8 Å². The number of rotatable bonds is 2. The van der Waals surface area contributed by atoms with Crippen LogP contribution in [0.4, 0.5) is 0 Å². The molecule has 0 unspecified atom stereocenters. The van der Waals surface area contributed by atoms with Gasteiger partial charge in [0.25, 0.3) is 0 Å². The van der Waals surface area contributed by atoms with Gasteiger partial charge in [-0.2, -0.15) is 0 Å². The van der Waals surface area contributed by atoms with Crippen molar-refractivity contribution in [2.75, 3.05) is 0 Å². The van der Waals surface area contributed by atoms with Gasteiger partial charge in [0, 0.05) is 0 Å². The maximum absolute atomic E-state index is 3.58. The molecular formula is C42H30Cl2Zr. The summed E-state index contributed by atoms with van der Waals surface area (Å²) in [5.41, 5.74) is 12.6. The third-order valence-electron chi connectivity index (χ3n) is 8.19. The van der Waals surface area contributed by atoms with E-state index in [0.29, 0.717) is 0 Å². The Morgan fingerprint density at radius 3 is 1.09 bits per heavy atom. The average Bonchev–Trinajstić information content (AvgIpc) is 3.63. The molecule has 2 aliphatic rings. The molecule has 3 heteroatoms. The van der Waals surface area contributed by atoms with E-state index < -0.39 is 0 Å². The number of hydrogen-bond acceptors (Lipinski definition) is 0. The van der Waals surface area contributed by atoms with E-state index in [4.69, 9.17) is 0 Å². The molecule has 0 spiro atoms. The predicted octanol–water partition coefficient (Wildman–Crippen LogP) is 1.69. The van der Waals surface area contributed by atoms with Crippen LogP contribution in [0.15, 0.2) is 133 Å². The molecule has 0 atom stereocenters. The Bertz CT molecular complexity index is 2040. The topological polar surface area (TPSA) is 0 Å². The van der Waals surface area contributed by atoms with Gasteiger partial charge >= 0.3 is 26.2 Å². The molecule has 6 aromatic carbocycles. The maximum atomic E-state index is 3.58. The van der Waals surface area contributed by atoms with E-state index in [1.165, 1.54) is 76.5 Å². The van der Waals surface area contributed by atoms with Crippen LogP contribution < -0.4 is 45.7 Å². The zero-order valence-corrected chi connectivity index (χ0v) is 29.1. The normalized spacial score (nSPS) is 11.9. The summed E-state index contributed by atoms with van der Waals surface area (Å²) in [5.74, 6) is 0. The number of benzene rings is 6. The van der Waals surface area contributed by atoms with Gasteiger partial charge in [-0.05, 0) is 22.3 Å². The minimum atomic E-state index is 0. The fourth-order valence-corrected chi connectivity index (χ4v) is 6.22. The summed E-state index contributed by atoms with van der Waals surface area (Å²) >= 11 is 0. The molecule has 0 fully saturated rings. The fraction of sp³-hybridized carbons (Fsp3) is 0.0476. The zero-order chi connectivity index (χ0) is 28.5. The summed E-state index contributed by atoms with van der Waals surface area (Å²) < 4.78 is 0. The molecule has 0 nitrogen and oxygen atoms in total. The molecule has 8 rings (SSSR count). The van der Waals surface area contributed by atoms with E-state index in [1.54, 1.807) is 0 Å². The van der Waals surface area contributed by atoms with Crippen LogP contribution in [0.5, 0.6) is 0 Å². The van der Waals surface area contributed by atoms with Gasteiger partial charge in [-0.25, -0.2) is 0 Å². The molecular weight excluding hydrogens is 667 g/mol. The molecule has 0 saturated heterocycles. The fourth-order valence-electron chi connectivity index (χ4n) is 6.22. The van der Waals surface area contributed by atoms with Crippen molar-refractivity contribution in [1.29, 1.82) is 0 Å². The largest absolute Gasteiger partial charge is 4.00 e. The predicted molar refractivity (Wildman–Crippen MR) is 178 cm³/mol. The quantitative estimate of drug-likeness (QED) is 0.242. The standard InChI is InChI=1S/2C21H15.2ClH.Zr/c2*1-2-17-19(15-8-4-3-5-9-15)12-13-20-18-11-7-6-10-16(18)14-21(17)20;;;/h2*2-13H,1H3;2*1H;/q2*-1;;;+4/p-2. The van der Waals surface area contributed by atoms with Crippen molar-refractivity contribution in [3.05, 3.63) is 165 Å². The minimum Gasteiger partial charge on any atom is -1.00 e. The Labute approximate surface area is 297 Å². The van der Waals surface area contributed by atoms with Crippen LogP contribution in [-0.4, -0.2) is 0 Å². The minimum absolute atomic E-state index is 0. The van der Waals surface area contributed by atoms with Crippen LogP contribution in [0.25, 0.3) is 68.8 Å². The van der Waals surface area contributed by atoms with Crippen molar-refractivity contribution in [2.24, 2.45) is 0 Å². The second kappa shape index (κ2) is 15.0. The summed E-state index contributed by atoms with van der Waals surface area (Å²) in [7, 11) is 0. The van der Waals surface area contributed by atoms with Crippen LogP contribution >= 0.6 is 0 Å². The van der Waals surface area contributed by atoms with E-state index in [9.17, 15) is 0 Å². The van der Waals surface area contributed by atoms with Crippen LogP contribution in [0.3, 0.4) is 0 Å². The third-order valence-corrected chi connectivity index (χ3v) is 8.19. The van der Waals surface area contributed by atoms with E-state index in [1.807, 2.05) is 0 Å². The number of hydrogen-bond donors (Lipinski definition) is 0. The Balaban J connectivity index is 0.000000192. The van der Waals surface area contributed by atoms with E-state index >= 15 is 0 Å². The molecule has 0 bridgehead atoms. The monoisotopic (exact) mass is 694 g/mol. The summed E-state index contributed by atoms with van der Waals surface area (Å²) in [6, 6.07) is 47.0. The molecule has 45 heavy (non-hydrogen) atoms. The summed E-state index contributed by atoms with van der Waals surface area (Å²) in [6.07, 6.45) is 11.5. The first-order chi connectivity index (χ1) is 20.8. The van der Waals surface area contributed by atoms with Crippen LogP contribution in [0.2, 0.25) is 0 Å². The maximum Gasteiger partial charge on any atom is 4.00 e. The Kier molecular flexibility index (Phi) is 11.4. The Morgan fingerprint density at radius 2 is 0.711 bits per heavy atom. The molecule has 0 amide bonds. The van der Waals surface area contributed by atoms with Gasteiger partial charge in [0.15, 0.2) is 0 Å². The van der Waals surface area contributed by atoms with Crippen LogP contribution in [-0.2, 0) is 26.2 Å². The van der Waals surface area contributed by atoms with Gasteiger partial charge in [0.05, 0.1) is 0 Å². The molecule has 216 valence electrons. The van der Waals surface area contributed by atoms with Crippen molar-refractivity contribution < 1.29 is 51.0 Å². The average molecular weight is 697 g/mol. The van der Waals surface area contributed by atoms with Crippen molar-refractivity contribution in [1.82, 2.24) is 0 Å². The first-order valence-corrected chi connectivity index (χ1v) is 14.5. The van der Waals surface area contributed by atoms with Gasteiger partial charge in [0.1, 0.15) is 0 Å².